The van der Waals surface area contributed by atoms with E-state index in [9.17, 15) is 9.59 Å². The predicted molar refractivity (Wildman–Crippen MR) is 79.7 cm³/mol. The van der Waals surface area contributed by atoms with Crippen LogP contribution in [-0.2, 0) is 23.8 Å². The third-order valence-corrected chi connectivity index (χ3v) is 6.49. The average molecular weight is 361 g/mol. The van der Waals surface area contributed by atoms with Crippen molar-refractivity contribution in [2.45, 2.75) is 26.6 Å². The lowest BCUT2D eigenvalue weighted by atomic mass is 9.49. The van der Waals surface area contributed by atoms with Crippen LogP contribution in [0.3, 0.4) is 0 Å². The molecule has 3 aliphatic rings. The van der Waals surface area contributed by atoms with Crippen LogP contribution in [0.15, 0.2) is 10.1 Å². The van der Waals surface area contributed by atoms with Gasteiger partial charge in [-0.1, -0.05) is 28.4 Å². The van der Waals surface area contributed by atoms with Gasteiger partial charge in [0, 0.05) is 18.7 Å². The normalized spacial score (nSPS) is 37.9. The molecule has 0 aromatic rings. The van der Waals surface area contributed by atoms with Crippen molar-refractivity contribution in [2.24, 2.45) is 23.2 Å². The van der Waals surface area contributed by atoms with Crippen molar-refractivity contribution in [1.29, 1.82) is 0 Å². The Morgan fingerprint density at radius 3 is 2.19 bits per heavy atom. The number of carbonyl (C=O) groups excluding carboxylic acids is 2. The van der Waals surface area contributed by atoms with Crippen LogP contribution in [0.4, 0.5) is 0 Å². The van der Waals surface area contributed by atoms with Crippen molar-refractivity contribution in [3.63, 3.8) is 0 Å². The second kappa shape index (κ2) is 5.18. The Hall–Kier alpha value is -0.720. The van der Waals surface area contributed by atoms with Crippen molar-refractivity contribution in [2.75, 3.05) is 21.3 Å². The highest BCUT2D eigenvalue weighted by Gasteiger charge is 2.70. The zero-order chi connectivity index (χ0) is 16.2. The van der Waals surface area contributed by atoms with Gasteiger partial charge in [-0.15, -0.1) is 0 Å². The monoisotopic (exact) mass is 360 g/mol. The van der Waals surface area contributed by atoms with Gasteiger partial charge in [-0.25, -0.2) is 0 Å². The topological polar surface area (TPSA) is 61.8 Å². The molecule has 0 unspecified atom stereocenters. The number of fused-ring (bicyclic) bond motifs is 2. The lowest BCUT2D eigenvalue weighted by molar-refractivity contribution is -0.259. The number of carbonyl (C=O) groups is 2. The Bertz CT molecular complexity index is 522. The molecule has 0 radical (unpaired) electrons. The maximum absolute atomic E-state index is 13.0. The molecule has 2 bridgehead atoms. The molecule has 3 aliphatic carbocycles. The van der Waals surface area contributed by atoms with E-state index in [-0.39, 0.29) is 23.6 Å². The minimum atomic E-state index is -1.35. The lowest BCUT2D eigenvalue weighted by Crippen LogP contribution is -2.69. The van der Waals surface area contributed by atoms with Gasteiger partial charge in [0.2, 0.25) is 11.6 Å². The minimum absolute atomic E-state index is 0.175. The number of Topliss-reactive ketones (excluding diaryl/α,β-unsaturated/α-hetero) is 1. The lowest BCUT2D eigenvalue weighted by Gasteiger charge is -2.58. The second-order valence-electron chi connectivity index (χ2n) is 5.94. The molecule has 0 spiro atoms. The number of methoxy groups -OCH3 is 3. The van der Waals surface area contributed by atoms with Gasteiger partial charge in [0.25, 0.3) is 0 Å². The highest BCUT2D eigenvalue weighted by molar-refractivity contribution is 9.11. The summed E-state index contributed by atoms with van der Waals surface area (Å²) in [7, 11) is 4.26. The molecule has 0 heterocycles. The fourth-order valence-corrected chi connectivity index (χ4v) is 4.97. The Labute approximate surface area is 133 Å². The van der Waals surface area contributed by atoms with Gasteiger partial charge < -0.3 is 14.2 Å². The summed E-state index contributed by atoms with van der Waals surface area (Å²) in [4.78, 5) is 25.4. The molecule has 118 valence electrons. The van der Waals surface area contributed by atoms with E-state index in [2.05, 4.69) is 15.9 Å². The smallest absolute Gasteiger partial charge is 0.312 e. The summed E-state index contributed by atoms with van der Waals surface area (Å²) in [6.45, 7) is 5.58. The molecule has 4 atom stereocenters. The molecule has 0 aliphatic heterocycles. The van der Waals surface area contributed by atoms with Gasteiger partial charge in [0.05, 0.1) is 24.4 Å². The molecular formula is C15H21BrO5. The quantitative estimate of drug-likeness (QED) is 0.570. The summed E-state index contributed by atoms with van der Waals surface area (Å²) in [6, 6.07) is 0. The predicted octanol–water partition coefficient (Wildman–Crippen LogP) is 2.29. The molecule has 0 amide bonds. The van der Waals surface area contributed by atoms with Crippen molar-refractivity contribution in [3.05, 3.63) is 10.1 Å². The summed E-state index contributed by atoms with van der Waals surface area (Å²) < 4.78 is 16.8. The first-order chi connectivity index (χ1) is 9.73. The Morgan fingerprint density at radius 2 is 1.76 bits per heavy atom. The molecule has 5 nitrogen and oxygen atoms in total. The van der Waals surface area contributed by atoms with Crippen molar-refractivity contribution in [3.8, 4) is 0 Å². The minimum Gasteiger partial charge on any atom is -0.469 e. The van der Waals surface area contributed by atoms with Gasteiger partial charge in [0.1, 0.15) is 0 Å². The summed E-state index contributed by atoms with van der Waals surface area (Å²) in [5.41, 5.74) is -0.0703. The van der Waals surface area contributed by atoms with E-state index in [4.69, 9.17) is 14.2 Å². The van der Waals surface area contributed by atoms with E-state index < -0.39 is 17.1 Å². The molecule has 0 saturated heterocycles. The largest absolute Gasteiger partial charge is 0.469 e. The standard InChI is InChI=1S/C15H21BrO5/c1-7-9-12(17)15(20-5,21-6)10(11(7)16)8(2)14(9,3)13(18)19-4/h8-10H,1-6H3/t8-,9-,10+,14+/m0/s1. The third-order valence-electron chi connectivity index (χ3n) is 5.38. The highest BCUT2D eigenvalue weighted by atomic mass is 79.9. The molecule has 1 fully saturated rings. The van der Waals surface area contributed by atoms with Crippen LogP contribution < -0.4 is 0 Å². The zero-order valence-electron chi connectivity index (χ0n) is 13.2. The van der Waals surface area contributed by atoms with Crippen LogP contribution in [0.1, 0.15) is 20.8 Å². The van der Waals surface area contributed by atoms with E-state index in [1.807, 2.05) is 13.8 Å². The number of allylic oxidation sites excluding steroid dienone is 1. The maximum Gasteiger partial charge on any atom is 0.312 e. The Balaban J connectivity index is 2.72. The van der Waals surface area contributed by atoms with E-state index in [0.717, 1.165) is 10.1 Å². The zero-order valence-corrected chi connectivity index (χ0v) is 14.7. The summed E-state index contributed by atoms with van der Waals surface area (Å²) in [5, 5.41) is 0. The van der Waals surface area contributed by atoms with Gasteiger partial charge in [0.15, 0.2) is 0 Å². The average Bonchev–Trinajstić information content (AvgIpc) is 2.47. The first-order valence-electron chi connectivity index (χ1n) is 6.83. The van der Waals surface area contributed by atoms with E-state index >= 15 is 0 Å². The third kappa shape index (κ3) is 1.75. The maximum atomic E-state index is 13.0. The van der Waals surface area contributed by atoms with Gasteiger partial charge in [-0.2, -0.15) is 0 Å². The van der Waals surface area contributed by atoms with E-state index in [1.165, 1.54) is 21.3 Å². The molecule has 0 aromatic heterocycles. The number of hydrogen-bond donors (Lipinski definition) is 0. The molecule has 6 heteroatoms. The molecule has 1 saturated carbocycles. The number of halogens is 1. The van der Waals surface area contributed by atoms with Gasteiger partial charge in [-0.3, -0.25) is 9.59 Å². The molecular weight excluding hydrogens is 340 g/mol. The summed E-state index contributed by atoms with van der Waals surface area (Å²) in [5.74, 6) is -3.13. The van der Waals surface area contributed by atoms with Crippen LogP contribution in [0, 0.1) is 23.2 Å². The van der Waals surface area contributed by atoms with Crippen molar-refractivity contribution < 1.29 is 23.8 Å². The number of rotatable bonds is 3. The Kier molecular flexibility index (Phi) is 4.10. The molecule has 0 N–H and O–H groups in total. The van der Waals surface area contributed by atoms with Gasteiger partial charge >= 0.3 is 5.97 Å². The van der Waals surface area contributed by atoms with Crippen LogP contribution >= 0.6 is 15.9 Å². The highest BCUT2D eigenvalue weighted by Crippen LogP contribution is 2.62. The summed E-state index contributed by atoms with van der Waals surface area (Å²) in [6.07, 6.45) is 0. The molecule has 3 rings (SSSR count). The molecule has 21 heavy (non-hydrogen) atoms. The van der Waals surface area contributed by atoms with E-state index in [1.54, 1.807) is 6.92 Å². The first kappa shape index (κ1) is 16.6. The van der Waals surface area contributed by atoms with Crippen molar-refractivity contribution >= 4 is 27.7 Å². The fraction of sp³-hybridized carbons (Fsp3) is 0.733. The number of esters is 1. The van der Waals surface area contributed by atoms with Crippen LogP contribution in [-0.4, -0.2) is 38.9 Å². The number of ketones is 1. The first-order valence-corrected chi connectivity index (χ1v) is 7.62. The van der Waals surface area contributed by atoms with Gasteiger partial charge in [-0.05, 0) is 19.8 Å². The van der Waals surface area contributed by atoms with Crippen molar-refractivity contribution in [1.82, 2.24) is 0 Å². The number of ether oxygens (including phenoxy) is 3. The van der Waals surface area contributed by atoms with Crippen LogP contribution in [0.5, 0.6) is 0 Å². The van der Waals surface area contributed by atoms with Crippen LogP contribution in [0.2, 0.25) is 0 Å². The number of hydrogen-bond acceptors (Lipinski definition) is 5. The fourth-order valence-electron chi connectivity index (χ4n) is 4.04. The molecule has 0 aromatic carbocycles. The van der Waals surface area contributed by atoms with Crippen LogP contribution in [0.25, 0.3) is 0 Å². The second-order valence-corrected chi connectivity index (χ2v) is 6.80. The van der Waals surface area contributed by atoms with E-state index in [0.29, 0.717) is 0 Å². The summed E-state index contributed by atoms with van der Waals surface area (Å²) >= 11 is 3.57. The Morgan fingerprint density at radius 1 is 1.24 bits per heavy atom. The SMILES string of the molecule is COC(=O)[C@@]1(C)[C@@H]2C(=O)C(OC)(OC)[C@@H](C(Br)=C2C)[C@@H]1C.